The van der Waals surface area contributed by atoms with Gasteiger partial charge in [-0.05, 0) is 11.6 Å². The van der Waals surface area contributed by atoms with Crippen LogP contribution in [0.5, 0.6) is 0 Å². The maximum absolute atomic E-state index is 12.6. The highest BCUT2D eigenvalue weighted by Crippen LogP contribution is 2.16. The lowest BCUT2D eigenvalue weighted by Crippen LogP contribution is -1.89. The Bertz CT molecular complexity index is 526. The number of hydrogen-bond donors (Lipinski definition) is 0. The quantitative estimate of drug-likeness (QED) is 0.791. The zero-order valence-electron chi connectivity index (χ0n) is 8.90. The van der Waals surface area contributed by atoms with Crippen LogP contribution in [0.2, 0.25) is 0 Å². The molecule has 85 valence electrons. The fraction of sp³-hybridized carbons (Fsp3) is 0. The van der Waals surface area contributed by atoms with Gasteiger partial charge in [-0.1, -0.05) is 24.3 Å². The summed E-state index contributed by atoms with van der Waals surface area (Å²) in [5, 5.41) is 0. The number of aromatic nitrogens is 2. The van der Waals surface area contributed by atoms with Gasteiger partial charge in [0, 0.05) is 12.5 Å². The summed E-state index contributed by atoms with van der Waals surface area (Å²) in [5.74, 6) is -0.555. The summed E-state index contributed by atoms with van der Waals surface area (Å²) >= 11 is 0. The number of rotatable bonds is 2. The van der Waals surface area contributed by atoms with Crippen molar-refractivity contribution in [3.63, 3.8) is 0 Å². The first-order chi connectivity index (χ1) is 8.15. The van der Waals surface area contributed by atoms with E-state index in [1.165, 1.54) is 6.08 Å². The molecule has 0 saturated carbocycles. The van der Waals surface area contributed by atoms with Crippen LogP contribution in [0.4, 0.5) is 8.78 Å². The monoisotopic (exact) mass is 231 g/mol. The molecule has 0 spiro atoms. The van der Waals surface area contributed by atoms with Crippen molar-refractivity contribution in [1.82, 2.24) is 9.97 Å². The molecule has 0 atom stereocenters. The molecule has 0 N–H and O–H groups in total. The first-order valence-corrected chi connectivity index (χ1v) is 4.92. The molecule has 17 heavy (non-hydrogen) atoms. The van der Waals surface area contributed by atoms with Crippen molar-refractivity contribution in [2.24, 2.45) is 0 Å². The van der Waals surface area contributed by atoms with Gasteiger partial charge < -0.3 is 0 Å². The van der Waals surface area contributed by atoms with Gasteiger partial charge >= 0.3 is 0 Å². The number of nitrogens with zero attached hydrogens (tertiary/aromatic N) is 2. The van der Waals surface area contributed by atoms with Crippen molar-refractivity contribution in [2.45, 2.75) is 0 Å². The van der Waals surface area contributed by atoms with Gasteiger partial charge in [-0.3, -0.25) is 0 Å². The van der Waals surface area contributed by atoms with E-state index >= 15 is 0 Å². The van der Waals surface area contributed by atoms with E-state index in [-0.39, 0.29) is 0 Å². The zero-order valence-corrected chi connectivity index (χ0v) is 8.90. The normalized spacial score (nSPS) is 11.6. The fourth-order valence-corrected chi connectivity index (χ4v) is 1.37. The van der Waals surface area contributed by atoms with Crippen LogP contribution in [-0.4, -0.2) is 9.97 Å². The van der Waals surface area contributed by atoms with Crippen LogP contribution in [0, 0.1) is 12.7 Å². The van der Waals surface area contributed by atoms with E-state index in [2.05, 4.69) is 16.9 Å². The molecule has 0 amide bonds. The molecular formula is C13H9F2N2. The number of halogens is 2. The summed E-state index contributed by atoms with van der Waals surface area (Å²) in [4.78, 5) is 7.70. The standard InChI is InChI=1S/C13H9F2N2/c1-9(14)6-10-2-4-11(5-3-10)13-16-7-12(15)8-17-13/h2-8H,1H2/b9-6-. The molecule has 0 aliphatic heterocycles. The van der Waals surface area contributed by atoms with Crippen molar-refractivity contribution in [3.05, 3.63) is 60.8 Å². The second-order valence-corrected chi connectivity index (χ2v) is 3.44. The first-order valence-electron chi connectivity index (χ1n) is 4.92. The predicted octanol–water partition coefficient (Wildman–Crippen LogP) is 3.43. The zero-order chi connectivity index (χ0) is 12.3. The molecule has 0 aliphatic carbocycles. The van der Waals surface area contributed by atoms with E-state index in [0.717, 1.165) is 18.0 Å². The summed E-state index contributed by atoms with van der Waals surface area (Å²) in [7, 11) is 0. The SMILES string of the molecule is [CH2]/C(F)=C/c1ccc(-c2ncc(F)cn2)cc1. The third kappa shape index (κ3) is 2.93. The average Bonchev–Trinajstić information content (AvgIpc) is 2.30. The highest BCUT2D eigenvalue weighted by molar-refractivity contribution is 5.60. The van der Waals surface area contributed by atoms with Crippen LogP contribution in [0.1, 0.15) is 5.56 Å². The van der Waals surface area contributed by atoms with Crippen LogP contribution in [0.3, 0.4) is 0 Å². The predicted molar refractivity (Wildman–Crippen MR) is 61.9 cm³/mol. The van der Waals surface area contributed by atoms with Gasteiger partial charge in [-0.2, -0.15) is 0 Å². The van der Waals surface area contributed by atoms with Gasteiger partial charge in [0.2, 0.25) is 0 Å². The van der Waals surface area contributed by atoms with Crippen LogP contribution >= 0.6 is 0 Å². The second-order valence-electron chi connectivity index (χ2n) is 3.44. The largest absolute Gasteiger partial charge is 0.233 e. The van der Waals surface area contributed by atoms with E-state index in [4.69, 9.17) is 0 Å². The minimum absolute atomic E-state index is 0.428. The van der Waals surface area contributed by atoms with Gasteiger partial charge in [0.1, 0.15) is 5.83 Å². The van der Waals surface area contributed by atoms with Gasteiger partial charge in [-0.15, -0.1) is 0 Å². The van der Waals surface area contributed by atoms with Gasteiger partial charge in [0.05, 0.1) is 12.4 Å². The Kier molecular flexibility index (Phi) is 3.23. The van der Waals surface area contributed by atoms with Crippen molar-refractivity contribution in [1.29, 1.82) is 0 Å². The molecule has 0 fully saturated rings. The third-order valence-electron chi connectivity index (χ3n) is 2.11. The Morgan fingerprint density at radius 1 is 1.12 bits per heavy atom. The molecular weight excluding hydrogens is 222 g/mol. The Hall–Kier alpha value is -2.10. The van der Waals surface area contributed by atoms with E-state index < -0.39 is 11.6 Å². The molecule has 2 rings (SSSR count). The molecule has 0 saturated heterocycles. The first kappa shape index (κ1) is 11.4. The van der Waals surface area contributed by atoms with Crippen LogP contribution < -0.4 is 0 Å². The molecule has 1 aromatic carbocycles. The second kappa shape index (κ2) is 4.82. The highest BCUT2D eigenvalue weighted by Gasteiger charge is 2.01. The number of allylic oxidation sites excluding steroid dienone is 1. The maximum atomic E-state index is 12.6. The molecule has 2 aromatic rings. The van der Waals surface area contributed by atoms with E-state index in [1.807, 2.05) is 0 Å². The summed E-state index contributed by atoms with van der Waals surface area (Å²) in [6.07, 6.45) is 3.52. The van der Waals surface area contributed by atoms with Crippen LogP contribution in [0.15, 0.2) is 42.5 Å². The minimum atomic E-state index is -0.504. The third-order valence-corrected chi connectivity index (χ3v) is 2.11. The van der Waals surface area contributed by atoms with Crippen LogP contribution in [-0.2, 0) is 0 Å². The lowest BCUT2D eigenvalue weighted by Gasteiger charge is -2.00. The summed E-state index contributed by atoms with van der Waals surface area (Å²) < 4.78 is 25.2. The number of hydrogen-bond acceptors (Lipinski definition) is 2. The summed E-state index contributed by atoms with van der Waals surface area (Å²) in [6.45, 7) is 3.15. The molecule has 1 heterocycles. The smallest absolute Gasteiger partial charge is 0.159 e. The van der Waals surface area contributed by atoms with Gasteiger partial charge in [0.25, 0.3) is 0 Å². The molecule has 1 aromatic heterocycles. The Morgan fingerprint density at radius 2 is 1.71 bits per heavy atom. The van der Waals surface area contributed by atoms with Crippen molar-refractivity contribution in [3.8, 4) is 11.4 Å². The van der Waals surface area contributed by atoms with E-state index in [9.17, 15) is 8.78 Å². The fourth-order valence-electron chi connectivity index (χ4n) is 1.37. The summed E-state index contributed by atoms with van der Waals surface area (Å²) in [6, 6.07) is 6.91. The van der Waals surface area contributed by atoms with E-state index in [1.54, 1.807) is 24.3 Å². The molecule has 1 radical (unpaired) electrons. The van der Waals surface area contributed by atoms with Gasteiger partial charge in [-0.25, -0.2) is 18.7 Å². The van der Waals surface area contributed by atoms with E-state index in [0.29, 0.717) is 11.4 Å². The molecule has 2 nitrogen and oxygen atoms in total. The lowest BCUT2D eigenvalue weighted by molar-refractivity contribution is 0.614. The van der Waals surface area contributed by atoms with Crippen molar-refractivity contribution < 1.29 is 8.78 Å². The molecule has 0 aliphatic rings. The topological polar surface area (TPSA) is 25.8 Å². The summed E-state index contributed by atoms with van der Waals surface area (Å²) in [5.41, 5.74) is 1.44. The molecule has 0 bridgehead atoms. The average molecular weight is 231 g/mol. The van der Waals surface area contributed by atoms with Gasteiger partial charge in [0.15, 0.2) is 11.6 Å². The van der Waals surface area contributed by atoms with Crippen molar-refractivity contribution in [2.75, 3.05) is 0 Å². The van der Waals surface area contributed by atoms with Crippen molar-refractivity contribution >= 4 is 6.08 Å². The molecule has 4 heteroatoms. The molecule has 0 unspecified atom stereocenters. The maximum Gasteiger partial charge on any atom is 0.159 e. The Morgan fingerprint density at radius 3 is 2.24 bits per heavy atom. The number of benzene rings is 1. The van der Waals surface area contributed by atoms with Crippen LogP contribution in [0.25, 0.3) is 17.5 Å². The lowest BCUT2D eigenvalue weighted by atomic mass is 10.1. The Balaban J connectivity index is 2.29. The highest BCUT2D eigenvalue weighted by atomic mass is 19.1. The minimum Gasteiger partial charge on any atom is -0.233 e. The Labute approximate surface area is 97.7 Å².